The first-order chi connectivity index (χ1) is 28.3. The van der Waals surface area contributed by atoms with Crippen LogP contribution in [0.5, 0.6) is 0 Å². The molecule has 9 N–H and O–H groups in total. The van der Waals surface area contributed by atoms with Gasteiger partial charge in [-0.25, -0.2) is 4.57 Å². The summed E-state index contributed by atoms with van der Waals surface area (Å²) >= 11 is 0. The maximum absolute atomic E-state index is 13.0. The second-order valence-electron chi connectivity index (χ2n) is 16.4. The van der Waals surface area contributed by atoms with Crippen molar-refractivity contribution in [3.8, 4) is 0 Å². The third-order valence-corrected chi connectivity index (χ3v) is 11.9. The lowest BCUT2D eigenvalue weighted by Crippen LogP contribution is -2.64. The van der Waals surface area contributed by atoms with Crippen LogP contribution >= 0.6 is 7.82 Å². The van der Waals surface area contributed by atoms with E-state index < -0.39 is 75.2 Å². The summed E-state index contributed by atoms with van der Waals surface area (Å²) in [4.78, 5) is 23.4. The molecule has 0 aliphatic heterocycles. The predicted octanol–water partition coefficient (Wildman–Crippen LogP) is 7.36. The smallest absolute Gasteiger partial charge is 0.393 e. The number of nitrogens with one attached hydrogen (secondary N) is 1. The van der Waals surface area contributed by atoms with Crippen LogP contribution < -0.4 is 5.32 Å². The molecule has 59 heavy (non-hydrogen) atoms. The summed E-state index contributed by atoms with van der Waals surface area (Å²) in [7, 11) is -5.15. The highest BCUT2D eigenvalue weighted by molar-refractivity contribution is 7.47. The van der Waals surface area contributed by atoms with Gasteiger partial charge in [0, 0.05) is 0 Å². The number of rotatable bonds is 37. The Morgan fingerprint density at radius 3 is 1.49 bits per heavy atom. The van der Waals surface area contributed by atoms with Crippen molar-refractivity contribution >= 4 is 13.7 Å². The first-order valence-electron chi connectivity index (χ1n) is 23.0. The van der Waals surface area contributed by atoms with Crippen LogP contribution in [0.2, 0.25) is 0 Å². The summed E-state index contributed by atoms with van der Waals surface area (Å²) in [6.07, 6.45) is 25.3. The van der Waals surface area contributed by atoms with Crippen molar-refractivity contribution in [3.05, 3.63) is 36.5 Å². The van der Waals surface area contributed by atoms with Gasteiger partial charge in [-0.3, -0.25) is 13.8 Å². The van der Waals surface area contributed by atoms with E-state index in [9.17, 15) is 50.0 Å². The zero-order valence-corrected chi connectivity index (χ0v) is 37.3. The lowest BCUT2D eigenvalue weighted by Gasteiger charge is -2.41. The minimum absolute atomic E-state index is 0.258. The van der Waals surface area contributed by atoms with Gasteiger partial charge in [0.25, 0.3) is 0 Å². The molecule has 0 radical (unpaired) electrons. The van der Waals surface area contributed by atoms with Gasteiger partial charge in [0.05, 0.1) is 31.3 Å². The number of unbranched alkanes of at least 4 members (excludes halogenated alkanes) is 20. The quantitative estimate of drug-likeness (QED) is 0.0170. The van der Waals surface area contributed by atoms with Crippen molar-refractivity contribution in [2.75, 3.05) is 6.61 Å². The zero-order chi connectivity index (χ0) is 43.7. The number of hydrogen-bond donors (Lipinski definition) is 9. The first kappa shape index (κ1) is 55.5. The molecule has 8 atom stereocenters. The van der Waals surface area contributed by atoms with E-state index in [0.717, 1.165) is 64.2 Å². The Morgan fingerprint density at radius 1 is 0.593 bits per heavy atom. The molecule has 14 heteroatoms. The van der Waals surface area contributed by atoms with Gasteiger partial charge < -0.3 is 46.0 Å². The molecule has 1 saturated carbocycles. The fraction of sp³-hybridized carbons (Fsp3) is 0.844. The summed E-state index contributed by atoms with van der Waals surface area (Å²) < 4.78 is 22.8. The van der Waals surface area contributed by atoms with Crippen molar-refractivity contribution in [3.63, 3.8) is 0 Å². The monoisotopic (exact) mass is 862 g/mol. The van der Waals surface area contributed by atoms with Crippen molar-refractivity contribution in [2.24, 2.45) is 0 Å². The van der Waals surface area contributed by atoms with E-state index in [2.05, 4.69) is 43.5 Å². The summed E-state index contributed by atoms with van der Waals surface area (Å²) in [6.45, 7) is 3.69. The van der Waals surface area contributed by atoms with E-state index in [1.54, 1.807) is 6.08 Å². The lowest BCUT2D eigenvalue weighted by molar-refractivity contribution is -0.220. The Kier molecular flexibility index (Phi) is 33.0. The molecule has 0 spiro atoms. The topological polar surface area (TPSA) is 226 Å². The number of allylic oxidation sites excluding steroid dienone is 5. The number of phosphoric acid groups is 1. The molecular weight excluding hydrogens is 777 g/mol. The van der Waals surface area contributed by atoms with Crippen molar-refractivity contribution in [2.45, 2.75) is 236 Å². The van der Waals surface area contributed by atoms with Crippen molar-refractivity contribution < 1.29 is 59.0 Å². The SMILES string of the molecule is CCCCCCCC/C=C/CC/C=C/C(O)C(COP(=O)(O)OC1C(O)C(O)C(O)C(O)C1O)NC(=O)CC(O)CCCCCCC/C=C\CCCCCCCCCC. The average molecular weight is 862 g/mol. The van der Waals surface area contributed by atoms with Crippen LogP contribution in [0.3, 0.4) is 0 Å². The molecule has 1 amide bonds. The Labute approximate surface area is 356 Å². The molecule has 1 fully saturated rings. The van der Waals surface area contributed by atoms with Gasteiger partial charge in [0.1, 0.15) is 36.6 Å². The fourth-order valence-electron chi connectivity index (χ4n) is 7.13. The maximum atomic E-state index is 13.0. The van der Waals surface area contributed by atoms with Gasteiger partial charge in [-0.1, -0.05) is 153 Å². The molecule has 0 bridgehead atoms. The van der Waals surface area contributed by atoms with Gasteiger partial charge in [-0.2, -0.15) is 0 Å². The van der Waals surface area contributed by atoms with Crippen LogP contribution in [0.1, 0.15) is 181 Å². The highest BCUT2D eigenvalue weighted by Crippen LogP contribution is 2.47. The highest BCUT2D eigenvalue weighted by atomic mass is 31.2. The molecule has 0 heterocycles. The van der Waals surface area contributed by atoms with Gasteiger partial charge in [-0.15, -0.1) is 0 Å². The number of aliphatic hydroxyl groups is 7. The van der Waals surface area contributed by atoms with Crippen LogP contribution in [0.25, 0.3) is 0 Å². The molecule has 0 aromatic heterocycles. The number of phosphoric ester groups is 1. The molecule has 1 aliphatic carbocycles. The zero-order valence-electron chi connectivity index (χ0n) is 36.4. The number of hydrogen-bond acceptors (Lipinski definition) is 11. The average Bonchev–Trinajstić information content (AvgIpc) is 3.21. The summed E-state index contributed by atoms with van der Waals surface area (Å²) in [5, 5.41) is 74.3. The molecule has 346 valence electrons. The molecule has 1 rings (SSSR count). The predicted molar refractivity (Wildman–Crippen MR) is 233 cm³/mol. The molecule has 1 aliphatic rings. The van der Waals surface area contributed by atoms with Crippen LogP contribution in [-0.2, 0) is 18.4 Å². The largest absolute Gasteiger partial charge is 0.472 e. The van der Waals surface area contributed by atoms with Crippen molar-refractivity contribution in [1.82, 2.24) is 5.32 Å². The van der Waals surface area contributed by atoms with Gasteiger partial charge in [-0.05, 0) is 57.8 Å². The minimum atomic E-state index is -5.15. The summed E-state index contributed by atoms with van der Waals surface area (Å²) in [5.41, 5.74) is 0. The molecular formula is C45H84NO12P. The van der Waals surface area contributed by atoms with Gasteiger partial charge in [0.2, 0.25) is 5.91 Å². The van der Waals surface area contributed by atoms with E-state index in [0.29, 0.717) is 12.8 Å². The van der Waals surface area contributed by atoms with Crippen molar-refractivity contribution in [1.29, 1.82) is 0 Å². The van der Waals surface area contributed by atoms with Gasteiger partial charge in [0.15, 0.2) is 0 Å². The Bertz CT molecular complexity index is 1160. The van der Waals surface area contributed by atoms with E-state index >= 15 is 0 Å². The second-order valence-corrected chi connectivity index (χ2v) is 17.8. The van der Waals surface area contributed by atoms with E-state index in [-0.39, 0.29) is 6.42 Å². The third-order valence-electron chi connectivity index (χ3n) is 10.9. The number of carbonyl (C=O) groups is 1. The first-order valence-corrected chi connectivity index (χ1v) is 24.5. The van der Waals surface area contributed by atoms with Gasteiger partial charge >= 0.3 is 7.82 Å². The Balaban J connectivity index is 2.56. The van der Waals surface area contributed by atoms with E-state index in [4.69, 9.17) is 9.05 Å². The number of amides is 1. The maximum Gasteiger partial charge on any atom is 0.472 e. The minimum Gasteiger partial charge on any atom is -0.393 e. The molecule has 0 aromatic carbocycles. The third kappa shape index (κ3) is 27.2. The molecule has 0 saturated heterocycles. The number of carbonyl (C=O) groups excluding carboxylic acids is 1. The summed E-state index contributed by atoms with van der Waals surface area (Å²) in [6, 6.07) is -1.26. The molecule has 0 aromatic rings. The van der Waals surface area contributed by atoms with Crippen LogP contribution in [0.4, 0.5) is 0 Å². The molecule has 13 nitrogen and oxygen atoms in total. The van der Waals surface area contributed by atoms with Crippen LogP contribution in [-0.4, -0.2) is 108 Å². The van der Waals surface area contributed by atoms with Crippen LogP contribution in [0, 0.1) is 0 Å². The highest BCUT2D eigenvalue weighted by Gasteiger charge is 2.51. The lowest BCUT2D eigenvalue weighted by atomic mass is 9.85. The standard InChI is InChI=1S/C45H84NO12P/c1-3-5-7-9-11-13-15-17-18-19-20-21-22-24-26-28-30-32-36(47)34-39(49)46-37(38(48)33-31-29-27-25-23-16-14-12-10-8-6-4-2)35-57-59(55,56)58-45-43(53)41(51)40(50)42(52)44(45)54/h19-20,23,25,31,33,36-38,40-45,47-48,50-54H,3-18,21-22,24,26-30,32,34-35H2,1-2H3,(H,46,49)(H,55,56)/b20-19-,25-23+,33-31+. The van der Waals surface area contributed by atoms with E-state index in [1.165, 1.54) is 89.5 Å². The Morgan fingerprint density at radius 2 is 1.00 bits per heavy atom. The number of aliphatic hydroxyl groups excluding tert-OH is 7. The van der Waals surface area contributed by atoms with Crippen LogP contribution in [0.15, 0.2) is 36.5 Å². The van der Waals surface area contributed by atoms with E-state index in [1.807, 2.05) is 0 Å². The Hall–Kier alpha value is -1.48. The fourth-order valence-corrected chi connectivity index (χ4v) is 8.10. The molecule has 8 unspecified atom stereocenters. The second kappa shape index (κ2) is 35.0. The normalized spacial score (nSPS) is 23.9. The summed E-state index contributed by atoms with van der Waals surface area (Å²) in [5.74, 6) is -0.609.